The number of thioether (sulfide) groups is 1. The Morgan fingerprint density at radius 1 is 1.43 bits per heavy atom. The quantitative estimate of drug-likeness (QED) is 0.843. The maximum absolute atomic E-state index is 12.7. The van der Waals surface area contributed by atoms with Gasteiger partial charge in [-0.05, 0) is 44.1 Å². The molecule has 0 aromatic heterocycles. The van der Waals surface area contributed by atoms with Crippen molar-refractivity contribution in [1.82, 2.24) is 4.90 Å². The first-order chi connectivity index (χ1) is 9.93. The Bertz CT molecular complexity index is 537. The van der Waals surface area contributed by atoms with Crippen molar-refractivity contribution in [3.63, 3.8) is 0 Å². The molecule has 2 unspecified atom stereocenters. The molecule has 2 N–H and O–H groups in total. The molecule has 0 aliphatic carbocycles. The number of nitrogens with zero attached hydrogens (tertiary/aromatic N) is 1. The minimum Gasteiger partial charge on any atom is -0.338 e. The average molecular weight is 347 g/mol. The summed E-state index contributed by atoms with van der Waals surface area (Å²) in [5.74, 6) is 0.325. The summed E-state index contributed by atoms with van der Waals surface area (Å²) in [5, 5.41) is 0.988. The number of amides is 1. The lowest BCUT2D eigenvalue weighted by molar-refractivity contribution is 0.0661. The molecular weight excluding hydrogens is 327 g/mol. The van der Waals surface area contributed by atoms with Crippen molar-refractivity contribution in [2.75, 3.05) is 19.3 Å². The molecule has 1 saturated heterocycles. The zero-order chi connectivity index (χ0) is 15.6. The molecule has 1 aromatic carbocycles. The molecule has 0 bridgehead atoms. The van der Waals surface area contributed by atoms with E-state index in [4.69, 9.17) is 28.9 Å². The Morgan fingerprint density at radius 3 is 2.76 bits per heavy atom. The smallest absolute Gasteiger partial charge is 0.255 e. The van der Waals surface area contributed by atoms with Crippen molar-refractivity contribution in [2.24, 2.45) is 11.7 Å². The second-order valence-corrected chi connectivity index (χ2v) is 7.14. The van der Waals surface area contributed by atoms with Crippen LogP contribution >= 0.6 is 35.0 Å². The number of halogens is 2. The molecule has 1 aliphatic heterocycles. The maximum atomic E-state index is 12.7. The third-order valence-corrected chi connectivity index (χ3v) is 5.48. The normalized spacial score (nSPS) is 20.4. The van der Waals surface area contributed by atoms with Crippen molar-refractivity contribution in [1.29, 1.82) is 0 Å². The topological polar surface area (TPSA) is 46.3 Å². The Hall–Kier alpha value is -0.420. The summed E-state index contributed by atoms with van der Waals surface area (Å²) in [6.45, 7) is 3.46. The fraction of sp³-hybridized carbons (Fsp3) is 0.533. The summed E-state index contributed by atoms with van der Waals surface area (Å²) in [5.41, 5.74) is 6.50. The van der Waals surface area contributed by atoms with Gasteiger partial charge in [0, 0.05) is 24.0 Å². The molecule has 1 aliphatic rings. The Morgan fingerprint density at radius 2 is 2.14 bits per heavy atom. The van der Waals surface area contributed by atoms with Gasteiger partial charge in [0.25, 0.3) is 5.91 Å². The SMILES string of the molecule is CSc1cc(C(=O)N2CCCC(C(C)N)C2)c(Cl)cc1Cl. The molecule has 1 amide bonds. The molecule has 21 heavy (non-hydrogen) atoms. The monoisotopic (exact) mass is 346 g/mol. The maximum Gasteiger partial charge on any atom is 0.255 e. The highest BCUT2D eigenvalue weighted by Crippen LogP contribution is 2.32. The minimum absolute atomic E-state index is 0.0303. The average Bonchev–Trinajstić information content (AvgIpc) is 2.47. The van der Waals surface area contributed by atoms with Crippen LogP contribution in [-0.4, -0.2) is 36.2 Å². The van der Waals surface area contributed by atoms with Gasteiger partial charge in [0.1, 0.15) is 0 Å². The van der Waals surface area contributed by atoms with Crippen LogP contribution in [0, 0.1) is 5.92 Å². The molecule has 116 valence electrons. The van der Waals surface area contributed by atoms with Gasteiger partial charge in [0.2, 0.25) is 0 Å². The first-order valence-electron chi connectivity index (χ1n) is 7.02. The summed E-state index contributed by atoms with van der Waals surface area (Å²) in [4.78, 5) is 15.4. The molecule has 3 nitrogen and oxygen atoms in total. The zero-order valence-corrected chi connectivity index (χ0v) is 14.6. The van der Waals surface area contributed by atoms with Crippen LogP contribution < -0.4 is 5.73 Å². The van der Waals surface area contributed by atoms with Gasteiger partial charge >= 0.3 is 0 Å². The first kappa shape index (κ1) is 16.9. The van der Waals surface area contributed by atoms with E-state index in [1.165, 1.54) is 11.8 Å². The predicted octanol–water partition coefficient (Wildman–Crippen LogP) is 3.91. The van der Waals surface area contributed by atoms with Crippen LogP contribution in [0.15, 0.2) is 17.0 Å². The number of likely N-dealkylation sites (tertiary alicyclic amines) is 1. The lowest BCUT2D eigenvalue weighted by Gasteiger charge is -2.34. The number of hydrogen-bond donors (Lipinski definition) is 1. The fourth-order valence-electron chi connectivity index (χ4n) is 2.64. The molecular formula is C15H20Cl2N2OS. The van der Waals surface area contributed by atoms with Crippen molar-refractivity contribution < 1.29 is 4.79 Å². The third kappa shape index (κ3) is 3.86. The molecule has 6 heteroatoms. The molecule has 2 atom stereocenters. The number of hydrogen-bond acceptors (Lipinski definition) is 3. The summed E-state index contributed by atoms with van der Waals surface area (Å²) in [6.07, 6.45) is 3.99. The second kappa shape index (κ2) is 7.23. The third-order valence-electron chi connectivity index (χ3n) is 3.96. The fourth-order valence-corrected chi connectivity index (χ4v) is 3.83. The van der Waals surface area contributed by atoms with Crippen LogP contribution in [0.5, 0.6) is 0 Å². The van der Waals surface area contributed by atoms with E-state index in [0.29, 0.717) is 28.1 Å². The van der Waals surface area contributed by atoms with Crippen LogP contribution in [0.4, 0.5) is 0 Å². The highest BCUT2D eigenvalue weighted by atomic mass is 35.5. The van der Waals surface area contributed by atoms with E-state index in [9.17, 15) is 4.79 Å². The standard InChI is InChI=1S/C15H20Cl2N2OS/c1-9(18)10-4-3-5-19(8-10)15(20)11-6-14(21-2)13(17)7-12(11)16/h6-7,9-10H,3-5,8,18H2,1-2H3. The predicted molar refractivity (Wildman–Crippen MR) is 90.5 cm³/mol. The highest BCUT2D eigenvalue weighted by molar-refractivity contribution is 7.98. The zero-order valence-electron chi connectivity index (χ0n) is 12.2. The molecule has 1 aromatic rings. The van der Waals surface area contributed by atoms with Crippen LogP contribution in [0.25, 0.3) is 0 Å². The number of carbonyl (C=O) groups excluding carboxylic acids is 1. The van der Waals surface area contributed by atoms with Gasteiger partial charge in [-0.3, -0.25) is 4.79 Å². The molecule has 0 spiro atoms. The lowest BCUT2D eigenvalue weighted by atomic mass is 9.92. The van der Waals surface area contributed by atoms with Crippen molar-refractivity contribution in [2.45, 2.75) is 30.7 Å². The Kier molecular flexibility index (Phi) is 5.83. The summed E-state index contributed by atoms with van der Waals surface area (Å²) >= 11 is 13.8. The molecule has 0 saturated carbocycles. The summed E-state index contributed by atoms with van der Waals surface area (Å²) in [7, 11) is 0. The minimum atomic E-state index is -0.0303. The van der Waals surface area contributed by atoms with Gasteiger partial charge < -0.3 is 10.6 Å². The summed E-state index contributed by atoms with van der Waals surface area (Å²) in [6, 6.07) is 3.53. The van der Waals surface area contributed by atoms with Gasteiger partial charge in [-0.1, -0.05) is 23.2 Å². The Labute approximate surface area is 140 Å². The largest absolute Gasteiger partial charge is 0.338 e. The van der Waals surface area contributed by atoms with Crippen molar-refractivity contribution >= 4 is 40.9 Å². The molecule has 2 rings (SSSR count). The Balaban J connectivity index is 2.23. The van der Waals surface area contributed by atoms with E-state index in [1.54, 1.807) is 12.1 Å². The van der Waals surface area contributed by atoms with Gasteiger partial charge in [0.15, 0.2) is 0 Å². The van der Waals surface area contributed by atoms with Gasteiger partial charge in [-0.15, -0.1) is 11.8 Å². The van der Waals surface area contributed by atoms with Gasteiger partial charge in [0.05, 0.1) is 15.6 Å². The van der Waals surface area contributed by atoms with E-state index < -0.39 is 0 Å². The molecule has 1 heterocycles. The van der Waals surface area contributed by atoms with Crippen LogP contribution in [-0.2, 0) is 0 Å². The molecule has 1 fully saturated rings. The van der Waals surface area contributed by atoms with E-state index in [-0.39, 0.29) is 11.9 Å². The van der Waals surface area contributed by atoms with Crippen molar-refractivity contribution in [3.05, 3.63) is 27.7 Å². The number of rotatable bonds is 3. The van der Waals surface area contributed by atoms with Crippen LogP contribution in [0.3, 0.4) is 0 Å². The van der Waals surface area contributed by atoms with Crippen LogP contribution in [0.2, 0.25) is 10.0 Å². The van der Waals surface area contributed by atoms with Gasteiger partial charge in [-0.2, -0.15) is 0 Å². The van der Waals surface area contributed by atoms with E-state index in [2.05, 4.69) is 0 Å². The summed E-state index contributed by atoms with van der Waals surface area (Å²) < 4.78 is 0. The van der Waals surface area contributed by atoms with Crippen molar-refractivity contribution in [3.8, 4) is 0 Å². The first-order valence-corrected chi connectivity index (χ1v) is 9.00. The van der Waals surface area contributed by atoms with E-state index in [1.807, 2.05) is 18.1 Å². The van der Waals surface area contributed by atoms with E-state index in [0.717, 1.165) is 24.3 Å². The number of carbonyl (C=O) groups is 1. The molecule has 0 radical (unpaired) electrons. The number of piperidine rings is 1. The lowest BCUT2D eigenvalue weighted by Crippen LogP contribution is -2.45. The second-order valence-electron chi connectivity index (χ2n) is 5.48. The van der Waals surface area contributed by atoms with Gasteiger partial charge in [-0.25, -0.2) is 0 Å². The van der Waals surface area contributed by atoms with E-state index >= 15 is 0 Å². The highest BCUT2D eigenvalue weighted by Gasteiger charge is 2.27. The van der Waals surface area contributed by atoms with Crippen LogP contribution in [0.1, 0.15) is 30.1 Å². The number of nitrogens with two attached hydrogens (primary N) is 1. The number of benzene rings is 1.